The summed E-state index contributed by atoms with van der Waals surface area (Å²) in [6, 6.07) is 6.56. The third-order valence-electron chi connectivity index (χ3n) is 3.83. The lowest BCUT2D eigenvalue weighted by molar-refractivity contribution is 0.261. The molecule has 0 aliphatic carbocycles. The van der Waals surface area contributed by atoms with Gasteiger partial charge < -0.3 is 15.4 Å². The summed E-state index contributed by atoms with van der Waals surface area (Å²) < 4.78 is 5.97. The van der Waals surface area contributed by atoms with Crippen molar-refractivity contribution in [1.82, 2.24) is 4.90 Å². The molecule has 2 rings (SSSR count). The van der Waals surface area contributed by atoms with E-state index in [0.29, 0.717) is 0 Å². The molecule has 0 aromatic heterocycles. The van der Waals surface area contributed by atoms with Crippen molar-refractivity contribution < 1.29 is 4.74 Å². The lowest BCUT2D eigenvalue weighted by Crippen LogP contribution is -2.22. The number of ether oxygens (including phenoxy) is 1. The Balaban J connectivity index is 1.81. The SMILES string of the molecule is Cc1ccc(OCCCN2CCCC2)c(CC(C)N)c1. The van der Waals surface area contributed by atoms with Crippen LogP contribution in [0.5, 0.6) is 5.75 Å². The summed E-state index contributed by atoms with van der Waals surface area (Å²) in [6.07, 6.45) is 4.70. The van der Waals surface area contributed by atoms with Gasteiger partial charge in [0.25, 0.3) is 0 Å². The minimum atomic E-state index is 0.170. The van der Waals surface area contributed by atoms with Crippen LogP contribution >= 0.6 is 0 Å². The molecular formula is C17H28N2O. The molecule has 0 amide bonds. The van der Waals surface area contributed by atoms with Gasteiger partial charge in [0.15, 0.2) is 0 Å². The maximum absolute atomic E-state index is 5.97. The number of aryl methyl sites for hydroxylation is 1. The molecule has 1 fully saturated rings. The van der Waals surface area contributed by atoms with Crippen LogP contribution in [-0.2, 0) is 6.42 Å². The maximum atomic E-state index is 5.97. The van der Waals surface area contributed by atoms with E-state index in [-0.39, 0.29) is 6.04 Å². The molecule has 3 nitrogen and oxygen atoms in total. The van der Waals surface area contributed by atoms with Gasteiger partial charge in [0.05, 0.1) is 6.61 Å². The van der Waals surface area contributed by atoms with Crippen LogP contribution in [0.3, 0.4) is 0 Å². The first kappa shape index (κ1) is 15.3. The summed E-state index contributed by atoms with van der Waals surface area (Å²) in [5, 5.41) is 0. The first-order valence-corrected chi connectivity index (χ1v) is 7.85. The third kappa shape index (κ3) is 4.80. The highest BCUT2D eigenvalue weighted by Gasteiger charge is 2.11. The highest BCUT2D eigenvalue weighted by atomic mass is 16.5. The number of rotatable bonds is 7. The van der Waals surface area contributed by atoms with E-state index in [1.165, 1.54) is 37.1 Å². The van der Waals surface area contributed by atoms with Gasteiger partial charge in [0.1, 0.15) is 5.75 Å². The zero-order valence-electron chi connectivity index (χ0n) is 12.9. The third-order valence-corrected chi connectivity index (χ3v) is 3.83. The van der Waals surface area contributed by atoms with Gasteiger partial charge in [0.2, 0.25) is 0 Å². The zero-order chi connectivity index (χ0) is 14.4. The average molecular weight is 276 g/mol. The fourth-order valence-electron chi connectivity index (χ4n) is 2.83. The zero-order valence-corrected chi connectivity index (χ0v) is 12.9. The van der Waals surface area contributed by atoms with Crippen LogP contribution in [-0.4, -0.2) is 37.2 Å². The monoisotopic (exact) mass is 276 g/mol. The molecule has 20 heavy (non-hydrogen) atoms. The van der Waals surface area contributed by atoms with Crippen molar-refractivity contribution in [3.63, 3.8) is 0 Å². The average Bonchev–Trinajstić information content (AvgIpc) is 2.89. The molecule has 2 N–H and O–H groups in total. The Morgan fingerprint density at radius 3 is 2.75 bits per heavy atom. The van der Waals surface area contributed by atoms with Crippen molar-refractivity contribution in [1.29, 1.82) is 0 Å². The summed E-state index contributed by atoms with van der Waals surface area (Å²) >= 11 is 0. The number of nitrogens with two attached hydrogens (primary N) is 1. The molecule has 0 radical (unpaired) electrons. The minimum absolute atomic E-state index is 0.170. The number of hydrogen-bond acceptors (Lipinski definition) is 3. The molecule has 3 heteroatoms. The van der Waals surface area contributed by atoms with Crippen LogP contribution in [0.4, 0.5) is 0 Å². The molecule has 1 aliphatic rings. The number of benzene rings is 1. The predicted molar refractivity (Wildman–Crippen MR) is 84.3 cm³/mol. The number of likely N-dealkylation sites (tertiary alicyclic amines) is 1. The molecule has 0 saturated carbocycles. The van der Waals surface area contributed by atoms with Crippen LogP contribution in [0.1, 0.15) is 37.3 Å². The molecule has 1 saturated heterocycles. The van der Waals surface area contributed by atoms with Crippen molar-refractivity contribution in [2.24, 2.45) is 5.73 Å². The van der Waals surface area contributed by atoms with Crippen LogP contribution in [0.2, 0.25) is 0 Å². The molecular weight excluding hydrogens is 248 g/mol. The minimum Gasteiger partial charge on any atom is -0.493 e. The van der Waals surface area contributed by atoms with Crippen molar-refractivity contribution in [2.45, 2.75) is 45.6 Å². The van der Waals surface area contributed by atoms with E-state index < -0.39 is 0 Å². The lowest BCUT2D eigenvalue weighted by atomic mass is 10.0. The molecule has 0 spiro atoms. The van der Waals surface area contributed by atoms with Crippen LogP contribution in [0.25, 0.3) is 0 Å². The Bertz CT molecular complexity index is 411. The van der Waals surface area contributed by atoms with Gasteiger partial charge in [-0.1, -0.05) is 17.7 Å². The van der Waals surface area contributed by atoms with E-state index >= 15 is 0 Å². The Morgan fingerprint density at radius 1 is 1.30 bits per heavy atom. The second kappa shape index (κ2) is 7.65. The van der Waals surface area contributed by atoms with Crippen molar-refractivity contribution in [3.05, 3.63) is 29.3 Å². The molecule has 1 atom stereocenters. The van der Waals surface area contributed by atoms with Gasteiger partial charge in [0, 0.05) is 12.6 Å². The molecule has 0 bridgehead atoms. The van der Waals surface area contributed by atoms with E-state index in [9.17, 15) is 0 Å². The van der Waals surface area contributed by atoms with E-state index in [1.807, 2.05) is 6.92 Å². The lowest BCUT2D eigenvalue weighted by Gasteiger charge is -2.16. The summed E-state index contributed by atoms with van der Waals surface area (Å²) in [6.45, 7) is 8.64. The number of hydrogen-bond donors (Lipinski definition) is 1. The Morgan fingerprint density at radius 2 is 2.05 bits per heavy atom. The van der Waals surface area contributed by atoms with Gasteiger partial charge in [-0.25, -0.2) is 0 Å². The molecule has 1 aromatic carbocycles. The molecule has 112 valence electrons. The molecule has 1 aliphatic heterocycles. The molecule has 1 heterocycles. The van der Waals surface area contributed by atoms with Gasteiger partial charge in [-0.3, -0.25) is 0 Å². The predicted octanol–water partition coefficient (Wildman–Crippen LogP) is 2.75. The van der Waals surface area contributed by atoms with Gasteiger partial charge >= 0.3 is 0 Å². The summed E-state index contributed by atoms with van der Waals surface area (Å²) in [5.74, 6) is 1.01. The fraction of sp³-hybridized carbons (Fsp3) is 0.647. The Hall–Kier alpha value is -1.06. The standard InChI is InChI=1S/C17H28N2O/c1-14-6-7-17(16(12-14)13-15(2)18)20-11-5-10-19-8-3-4-9-19/h6-7,12,15H,3-5,8-11,13,18H2,1-2H3. The summed E-state index contributed by atoms with van der Waals surface area (Å²) in [4.78, 5) is 2.53. The topological polar surface area (TPSA) is 38.5 Å². The molecule has 1 aromatic rings. The van der Waals surface area contributed by atoms with Gasteiger partial charge in [-0.05, 0) is 64.3 Å². The molecule has 1 unspecified atom stereocenters. The van der Waals surface area contributed by atoms with Crippen LogP contribution in [0.15, 0.2) is 18.2 Å². The van der Waals surface area contributed by atoms with Crippen LogP contribution < -0.4 is 10.5 Å². The quantitative estimate of drug-likeness (QED) is 0.778. The fourth-order valence-corrected chi connectivity index (χ4v) is 2.83. The van der Waals surface area contributed by atoms with Crippen LogP contribution in [0, 0.1) is 6.92 Å². The van der Waals surface area contributed by atoms with Crippen molar-refractivity contribution in [2.75, 3.05) is 26.2 Å². The summed E-state index contributed by atoms with van der Waals surface area (Å²) in [5.41, 5.74) is 8.42. The van der Waals surface area contributed by atoms with Gasteiger partial charge in [-0.15, -0.1) is 0 Å². The second-order valence-corrected chi connectivity index (χ2v) is 6.04. The summed E-state index contributed by atoms with van der Waals surface area (Å²) in [7, 11) is 0. The van der Waals surface area contributed by atoms with Crippen molar-refractivity contribution in [3.8, 4) is 5.75 Å². The normalized spacial score (nSPS) is 17.4. The van der Waals surface area contributed by atoms with E-state index in [0.717, 1.165) is 31.7 Å². The van der Waals surface area contributed by atoms with E-state index in [1.54, 1.807) is 0 Å². The number of nitrogens with zero attached hydrogens (tertiary/aromatic N) is 1. The highest BCUT2D eigenvalue weighted by Crippen LogP contribution is 2.21. The second-order valence-electron chi connectivity index (χ2n) is 6.04. The largest absolute Gasteiger partial charge is 0.493 e. The Labute approximate surface area is 123 Å². The highest BCUT2D eigenvalue weighted by molar-refractivity contribution is 5.37. The Kier molecular flexibility index (Phi) is 5.86. The maximum Gasteiger partial charge on any atom is 0.122 e. The van der Waals surface area contributed by atoms with E-state index in [2.05, 4.69) is 30.0 Å². The smallest absolute Gasteiger partial charge is 0.122 e. The van der Waals surface area contributed by atoms with Gasteiger partial charge in [-0.2, -0.15) is 0 Å². The van der Waals surface area contributed by atoms with Crippen molar-refractivity contribution >= 4 is 0 Å². The first-order chi connectivity index (χ1) is 9.65. The first-order valence-electron chi connectivity index (χ1n) is 7.85. The van der Waals surface area contributed by atoms with E-state index in [4.69, 9.17) is 10.5 Å².